The van der Waals surface area contributed by atoms with Gasteiger partial charge in [0.15, 0.2) is 5.13 Å². The van der Waals surface area contributed by atoms with E-state index in [9.17, 15) is 0 Å². The van der Waals surface area contributed by atoms with Crippen LogP contribution in [0.4, 0.5) is 5.13 Å². The summed E-state index contributed by atoms with van der Waals surface area (Å²) in [7, 11) is 0. The van der Waals surface area contributed by atoms with Gasteiger partial charge in [-0.3, -0.25) is 0 Å². The highest BCUT2D eigenvalue weighted by atomic mass is 32.1. The molecule has 118 valence electrons. The Kier molecular flexibility index (Phi) is 5.17. The lowest BCUT2D eigenvalue weighted by Gasteiger charge is -2.44. The lowest BCUT2D eigenvalue weighted by atomic mass is 9.78. The number of anilines is 1. The van der Waals surface area contributed by atoms with Crippen LogP contribution in [-0.4, -0.2) is 24.1 Å². The Hall–Kier alpha value is -0.610. The highest BCUT2D eigenvalue weighted by Gasteiger charge is 2.34. The summed E-state index contributed by atoms with van der Waals surface area (Å²) in [6, 6.07) is 0.773. The molecule has 2 heterocycles. The standard InChI is InChI=1S/C17H29N3S/c1-13(2)10-18-11-15-12-19-17(21-15)20-9-5-7-14-6-3-4-8-16(14)20/h12-14,16,18H,3-11H2,1-2H3/t14-,16-/m1/s1. The summed E-state index contributed by atoms with van der Waals surface area (Å²) in [5.74, 6) is 1.64. The van der Waals surface area contributed by atoms with Gasteiger partial charge in [0.25, 0.3) is 0 Å². The van der Waals surface area contributed by atoms with E-state index in [4.69, 9.17) is 4.98 Å². The average molecular weight is 308 g/mol. The quantitative estimate of drug-likeness (QED) is 0.889. The number of thiazole rings is 1. The van der Waals surface area contributed by atoms with Crippen molar-refractivity contribution < 1.29 is 0 Å². The minimum Gasteiger partial charge on any atom is -0.345 e. The first-order valence-electron chi connectivity index (χ1n) is 8.66. The molecule has 1 aliphatic heterocycles. The predicted molar refractivity (Wildman–Crippen MR) is 91.0 cm³/mol. The van der Waals surface area contributed by atoms with Crippen LogP contribution >= 0.6 is 11.3 Å². The highest BCUT2D eigenvalue weighted by Crippen LogP contribution is 2.38. The molecule has 3 rings (SSSR count). The summed E-state index contributed by atoms with van der Waals surface area (Å²) in [5.41, 5.74) is 0. The molecule has 0 bridgehead atoms. The topological polar surface area (TPSA) is 28.2 Å². The van der Waals surface area contributed by atoms with E-state index in [1.165, 1.54) is 55.1 Å². The van der Waals surface area contributed by atoms with Gasteiger partial charge in [0.1, 0.15) is 0 Å². The summed E-state index contributed by atoms with van der Waals surface area (Å²) in [6.45, 7) is 7.77. The Balaban J connectivity index is 1.61. The normalized spacial score (nSPS) is 26.1. The van der Waals surface area contributed by atoms with Crippen molar-refractivity contribution in [1.82, 2.24) is 10.3 Å². The molecule has 1 saturated carbocycles. The minimum atomic E-state index is 0.711. The number of rotatable bonds is 5. The SMILES string of the molecule is CC(C)CNCc1cnc(N2CCC[C@H]3CCCC[C@H]32)s1. The van der Waals surface area contributed by atoms with Crippen molar-refractivity contribution in [2.24, 2.45) is 11.8 Å². The molecule has 1 aromatic heterocycles. The van der Waals surface area contributed by atoms with Gasteiger partial charge in [-0.05, 0) is 44.1 Å². The predicted octanol–water partition coefficient (Wildman–Crippen LogP) is 4.05. The molecule has 1 aliphatic carbocycles. The maximum atomic E-state index is 4.73. The Morgan fingerprint density at radius 2 is 2.10 bits per heavy atom. The van der Waals surface area contributed by atoms with Crippen molar-refractivity contribution >= 4 is 16.5 Å². The van der Waals surface area contributed by atoms with E-state index < -0.39 is 0 Å². The van der Waals surface area contributed by atoms with Gasteiger partial charge < -0.3 is 10.2 Å². The molecule has 2 fully saturated rings. The molecule has 1 saturated heterocycles. The zero-order chi connectivity index (χ0) is 14.7. The van der Waals surface area contributed by atoms with Crippen LogP contribution in [0.2, 0.25) is 0 Å². The van der Waals surface area contributed by atoms with Crippen molar-refractivity contribution in [2.75, 3.05) is 18.0 Å². The molecule has 2 aliphatic rings. The Morgan fingerprint density at radius 1 is 1.29 bits per heavy atom. The van der Waals surface area contributed by atoms with E-state index in [0.717, 1.165) is 25.0 Å². The van der Waals surface area contributed by atoms with Crippen LogP contribution in [0.1, 0.15) is 57.2 Å². The minimum absolute atomic E-state index is 0.711. The monoisotopic (exact) mass is 307 g/mol. The third-order valence-corrected chi connectivity index (χ3v) is 5.92. The summed E-state index contributed by atoms with van der Waals surface area (Å²) < 4.78 is 0. The van der Waals surface area contributed by atoms with Crippen LogP contribution in [-0.2, 0) is 6.54 Å². The maximum Gasteiger partial charge on any atom is 0.185 e. The second-order valence-electron chi connectivity index (χ2n) is 7.08. The van der Waals surface area contributed by atoms with Gasteiger partial charge in [0.2, 0.25) is 0 Å². The molecule has 3 nitrogen and oxygen atoms in total. The fourth-order valence-corrected chi connectivity index (χ4v) is 4.82. The van der Waals surface area contributed by atoms with Crippen LogP contribution in [0.25, 0.3) is 0 Å². The third-order valence-electron chi connectivity index (χ3n) is 4.88. The van der Waals surface area contributed by atoms with Crippen LogP contribution in [0.5, 0.6) is 0 Å². The van der Waals surface area contributed by atoms with E-state index in [1.54, 1.807) is 0 Å². The highest BCUT2D eigenvalue weighted by molar-refractivity contribution is 7.15. The zero-order valence-electron chi connectivity index (χ0n) is 13.5. The Bertz CT molecular complexity index is 441. The Morgan fingerprint density at radius 3 is 2.95 bits per heavy atom. The smallest absolute Gasteiger partial charge is 0.185 e. The van der Waals surface area contributed by atoms with Gasteiger partial charge in [-0.1, -0.05) is 26.7 Å². The molecule has 0 unspecified atom stereocenters. The summed E-state index contributed by atoms with van der Waals surface area (Å²) in [5, 5.41) is 4.80. The Labute approximate surface area is 133 Å². The van der Waals surface area contributed by atoms with Crippen LogP contribution in [0, 0.1) is 11.8 Å². The van der Waals surface area contributed by atoms with Crippen LogP contribution in [0.15, 0.2) is 6.20 Å². The number of hydrogen-bond acceptors (Lipinski definition) is 4. The van der Waals surface area contributed by atoms with Crippen LogP contribution in [0.3, 0.4) is 0 Å². The number of nitrogens with zero attached hydrogens (tertiary/aromatic N) is 2. The van der Waals surface area contributed by atoms with Crippen molar-refractivity contribution in [1.29, 1.82) is 0 Å². The lowest BCUT2D eigenvalue weighted by Crippen LogP contribution is -2.46. The fraction of sp³-hybridized carbons (Fsp3) is 0.824. The number of nitrogens with one attached hydrogen (secondary N) is 1. The second-order valence-corrected chi connectivity index (χ2v) is 8.18. The van der Waals surface area contributed by atoms with E-state index in [-0.39, 0.29) is 0 Å². The number of hydrogen-bond donors (Lipinski definition) is 1. The molecule has 21 heavy (non-hydrogen) atoms. The summed E-state index contributed by atoms with van der Waals surface area (Å²) in [4.78, 5) is 8.74. The average Bonchev–Trinajstić information content (AvgIpc) is 2.95. The molecule has 0 amide bonds. The number of fused-ring (bicyclic) bond motifs is 1. The fourth-order valence-electron chi connectivity index (χ4n) is 3.86. The lowest BCUT2D eigenvalue weighted by molar-refractivity contribution is 0.243. The summed E-state index contributed by atoms with van der Waals surface area (Å²) >= 11 is 1.90. The van der Waals surface area contributed by atoms with Gasteiger partial charge in [0.05, 0.1) is 0 Å². The van der Waals surface area contributed by atoms with Crippen molar-refractivity contribution in [3.05, 3.63) is 11.1 Å². The van der Waals surface area contributed by atoms with Crippen molar-refractivity contribution in [2.45, 2.75) is 65.0 Å². The maximum absolute atomic E-state index is 4.73. The molecule has 0 spiro atoms. The number of aromatic nitrogens is 1. The largest absolute Gasteiger partial charge is 0.345 e. The van der Waals surface area contributed by atoms with Gasteiger partial charge >= 0.3 is 0 Å². The second kappa shape index (κ2) is 7.10. The van der Waals surface area contributed by atoms with E-state index >= 15 is 0 Å². The van der Waals surface area contributed by atoms with Gasteiger partial charge in [-0.2, -0.15) is 0 Å². The first kappa shape index (κ1) is 15.3. The van der Waals surface area contributed by atoms with Crippen LogP contribution < -0.4 is 10.2 Å². The molecule has 4 heteroatoms. The molecule has 2 atom stereocenters. The third kappa shape index (κ3) is 3.78. The molecule has 1 aromatic rings. The van der Waals surface area contributed by atoms with Gasteiger partial charge in [-0.15, -0.1) is 11.3 Å². The van der Waals surface area contributed by atoms with E-state index in [1.807, 2.05) is 11.3 Å². The van der Waals surface area contributed by atoms with E-state index in [0.29, 0.717) is 5.92 Å². The molecule has 1 N–H and O–H groups in total. The molecule has 0 radical (unpaired) electrons. The van der Waals surface area contributed by atoms with Gasteiger partial charge in [-0.25, -0.2) is 4.98 Å². The first-order chi connectivity index (χ1) is 10.2. The van der Waals surface area contributed by atoms with E-state index in [2.05, 4.69) is 30.3 Å². The molecular weight excluding hydrogens is 278 g/mol. The molecule has 0 aromatic carbocycles. The molecular formula is C17H29N3S. The first-order valence-corrected chi connectivity index (χ1v) is 9.47. The van der Waals surface area contributed by atoms with Crippen molar-refractivity contribution in [3.63, 3.8) is 0 Å². The summed E-state index contributed by atoms with van der Waals surface area (Å²) in [6.07, 6.45) is 10.5. The van der Waals surface area contributed by atoms with Gasteiger partial charge in [0, 0.05) is 30.2 Å². The number of piperidine rings is 1. The zero-order valence-corrected chi connectivity index (χ0v) is 14.3. The van der Waals surface area contributed by atoms with Crippen molar-refractivity contribution in [3.8, 4) is 0 Å².